The van der Waals surface area contributed by atoms with Gasteiger partial charge in [0.15, 0.2) is 5.43 Å². The molecule has 1 aliphatic carbocycles. The molecule has 1 amide bonds. The number of allylic oxidation sites excluding steroid dienone is 3. The summed E-state index contributed by atoms with van der Waals surface area (Å²) in [5.41, 5.74) is 3.60. The van der Waals surface area contributed by atoms with E-state index in [0.29, 0.717) is 5.56 Å². The molecule has 0 saturated heterocycles. The first-order valence-electron chi connectivity index (χ1n) is 11.7. The molecule has 182 valence electrons. The van der Waals surface area contributed by atoms with Gasteiger partial charge in [0.1, 0.15) is 12.4 Å². The van der Waals surface area contributed by atoms with Crippen molar-refractivity contribution >= 4 is 17.7 Å². The van der Waals surface area contributed by atoms with Gasteiger partial charge in [0, 0.05) is 42.5 Å². The lowest BCUT2D eigenvalue weighted by Gasteiger charge is -2.50. The molecule has 0 spiro atoms. The molecule has 1 aromatic carbocycles. The van der Waals surface area contributed by atoms with Crippen LogP contribution in [0.1, 0.15) is 53.0 Å². The molecule has 1 unspecified atom stereocenters. The van der Waals surface area contributed by atoms with E-state index < -0.39 is 12.0 Å². The van der Waals surface area contributed by atoms with Crippen molar-refractivity contribution in [2.24, 2.45) is 0 Å². The number of aromatic nitrogens is 1. The normalized spacial score (nSPS) is 22.1. The summed E-state index contributed by atoms with van der Waals surface area (Å²) in [6.07, 6.45) is 8.84. The highest BCUT2D eigenvalue weighted by Crippen LogP contribution is 2.43. The third-order valence-corrected chi connectivity index (χ3v) is 7.80. The van der Waals surface area contributed by atoms with Crippen LogP contribution in [-0.4, -0.2) is 34.1 Å². The average molecular weight is 496 g/mol. The summed E-state index contributed by atoms with van der Waals surface area (Å²) in [5.74, 6) is -2.33. The van der Waals surface area contributed by atoms with Gasteiger partial charge in [-0.3, -0.25) is 19.3 Å². The minimum Gasteiger partial charge on any atom is -0.315 e. The number of amides is 1. The predicted molar refractivity (Wildman–Crippen MR) is 135 cm³/mol. The van der Waals surface area contributed by atoms with Crippen LogP contribution in [0.25, 0.3) is 0 Å². The molecule has 0 N–H and O–H groups in total. The molecule has 1 saturated carbocycles. The van der Waals surface area contributed by atoms with Gasteiger partial charge in [-0.15, -0.1) is 11.8 Å². The van der Waals surface area contributed by atoms with Crippen molar-refractivity contribution in [2.75, 3.05) is 11.7 Å². The maximum atomic E-state index is 13.8. The summed E-state index contributed by atoms with van der Waals surface area (Å²) in [6, 6.07) is 8.79. The first kappa shape index (κ1) is 23.6. The Balaban J connectivity index is 1.68. The van der Waals surface area contributed by atoms with Crippen LogP contribution >= 0.6 is 11.8 Å². The second kappa shape index (κ2) is 9.15. The second-order valence-corrected chi connectivity index (χ2v) is 10.0. The van der Waals surface area contributed by atoms with Crippen LogP contribution in [-0.2, 0) is 5.75 Å². The maximum Gasteiger partial charge on any atom is 0.274 e. The van der Waals surface area contributed by atoms with E-state index in [1.54, 1.807) is 29.6 Å². The maximum absolute atomic E-state index is 13.8. The first-order valence-corrected chi connectivity index (χ1v) is 12.7. The fourth-order valence-corrected chi connectivity index (χ4v) is 5.93. The Morgan fingerprint density at radius 3 is 2.63 bits per heavy atom. The molecular formula is C27H27F2N3O2S. The number of carbonyl (C=O) groups excluding carboxylic acids is 1. The van der Waals surface area contributed by atoms with E-state index in [1.165, 1.54) is 16.5 Å². The van der Waals surface area contributed by atoms with E-state index in [4.69, 9.17) is 0 Å². The van der Waals surface area contributed by atoms with Crippen LogP contribution in [0.3, 0.4) is 0 Å². The Hall–Kier alpha value is -3.13. The van der Waals surface area contributed by atoms with Gasteiger partial charge in [-0.05, 0) is 36.0 Å². The molecule has 3 heterocycles. The van der Waals surface area contributed by atoms with Crippen LogP contribution in [0, 0.1) is 6.92 Å². The van der Waals surface area contributed by atoms with E-state index in [1.807, 2.05) is 48.4 Å². The lowest BCUT2D eigenvalue weighted by molar-refractivity contribution is -0.118. The SMILES string of the molecule is C/C=C\C=C/C1=CSCc2ccccc2C1N1CN(C2CC(F)(F)C2)C(=O)c2c(C)c(=O)ccn21. The highest BCUT2D eigenvalue weighted by molar-refractivity contribution is 8.01. The van der Waals surface area contributed by atoms with Gasteiger partial charge in [-0.25, -0.2) is 8.78 Å². The van der Waals surface area contributed by atoms with Crippen molar-refractivity contribution in [1.82, 2.24) is 9.58 Å². The predicted octanol–water partition coefficient (Wildman–Crippen LogP) is 5.31. The summed E-state index contributed by atoms with van der Waals surface area (Å²) >= 11 is 1.70. The minimum atomic E-state index is -2.76. The smallest absolute Gasteiger partial charge is 0.274 e. The molecule has 2 aromatic rings. The number of hydrogen-bond acceptors (Lipinski definition) is 4. The number of carbonyl (C=O) groups is 1. The van der Waals surface area contributed by atoms with Crippen molar-refractivity contribution in [1.29, 1.82) is 0 Å². The molecule has 0 bridgehead atoms. The summed E-state index contributed by atoms with van der Waals surface area (Å²) in [6.45, 7) is 3.72. The molecule has 35 heavy (non-hydrogen) atoms. The number of pyridine rings is 1. The highest BCUT2D eigenvalue weighted by atomic mass is 32.2. The summed E-state index contributed by atoms with van der Waals surface area (Å²) in [4.78, 5) is 27.6. The lowest BCUT2D eigenvalue weighted by Crippen LogP contribution is -2.62. The van der Waals surface area contributed by atoms with Gasteiger partial charge in [0.05, 0.1) is 6.04 Å². The Morgan fingerprint density at radius 1 is 1.11 bits per heavy atom. The van der Waals surface area contributed by atoms with Crippen molar-refractivity contribution < 1.29 is 13.6 Å². The zero-order valence-corrected chi connectivity index (χ0v) is 20.5. The van der Waals surface area contributed by atoms with Crippen LogP contribution in [0.15, 0.2) is 76.6 Å². The first-order chi connectivity index (χ1) is 16.8. The van der Waals surface area contributed by atoms with Gasteiger partial charge in [-0.1, -0.05) is 48.6 Å². The summed E-state index contributed by atoms with van der Waals surface area (Å²) in [7, 11) is 0. The topological polar surface area (TPSA) is 45.6 Å². The number of thioether (sulfide) groups is 1. The largest absolute Gasteiger partial charge is 0.315 e. The Labute approximate surface area is 207 Å². The molecule has 3 aliphatic rings. The number of benzene rings is 1. The highest BCUT2D eigenvalue weighted by Gasteiger charge is 2.51. The average Bonchev–Trinajstić information content (AvgIpc) is 2.99. The Kier molecular flexibility index (Phi) is 6.17. The van der Waals surface area contributed by atoms with E-state index in [-0.39, 0.29) is 42.6 Å². The Bertz CT molecular complexity index is 1310. The number of fused-ring (bicyclic) bond motifs is 2. The van der Waals surface area contributed by atoms with Crippen LogP contribution in [0.4, 0.5) is 8.78 Å². The minimum absolute atomic E-state index is 0.146. The monoisotopic (exact) mass is 495 g/mol. The van der Waals surface area contributed by atoms with Crippen LogP contribution in [0.2, 0.25) is 0 Å². The number of halogens is 2. The van der Waals surface area contributed by atoms with Crippen LogP contribution < -0.4 is 10.4 Å². The van der Waals surface area contributed by atoms with Crippen LogP contribution in [0.5, 0.6) is 0 Å². The fourth-order valence-electron chi connectivity index (χ4n) is 5.01. The van der Waals surface area contributed by atoms with Gasteiger partial charge < -0.3 is 4.90 Å². The zero-order valence-electron chi connectivity index (χ0n) is 19.7. The van der Waals surface area contributed by atoms with E-state index in [9.17, 15) is 18.4 Å². The summed E-state index contributed by atoms with van der Waals surface area (Å²) in [5, 5.41) is 4.15. The third-order valence-electron chi connectivity index (χ3n) is 6.88. The van der Waals surface area contributed by atoms with Gasteiger partial charge in [0.2, 0.25) is 0 Å². The number of alkyl halides is 2. The standard InChI is InChI=1S/C27H27F2N3O2S/c1-3-4-5-9-20-16-35-15-19-8-6-7-10-22(19)25(20)32-17-30(21-13-27(28,29)14-21)26(34)24-18(2)23(33)11-12-31(24)32/h3-12,16,21,25H,13-15,17H2,1-2H3/b4-3-,9-5-. The van der Waals surface area contributed by atoms with Gasteiger partial charge >= 0.3 is 0 Å². The molecule has 5 nitrogen and oxygen atoms in total. The van der Waals surface area contributed by atoms with E-state index >= 15 is 0 Å². The van der Waals surface area contributed by atoms with Crippen molar-refractivity contribution in [3.05, 3.63) is 104 Å². The molecule has 1 fully saturated rings. The number of rotatable bonds is 4. The molecular weight excluding hydrogens is 468 g/mol. The molecule has 8 heteroatoms. The molecule has 5 rings (SSSR count). The fraction of sp³-hybridized carbons (Fsp3) is 0.333. The zero-order chi connectivity index (χ0) is 24.7. The Morgan fingerprint density at radius 2 is 1.89 bits per heavy atom. The van der Waals surface area contributed by atoms with Crippen molar-refractivity contribution in [3.63, 3.8) is 0 Å². The van der Waals surface area contributed by atoms with Gasteiger partial charge in [-0.2, -0.15) is 0 Å². The number of nitrogens with zero attached hydrogens (tertiary/aromatic N) is 3. The lowest BCUT2D eigenvalue weighted by atomic mass is 9.86. The number of hydrogen-bond donors (Lipinski definition) is 0. The third kappa shape index (κ3) is 4.24. The quantitative estimate of drug-likeness (QED) is 0.540. The van der Waals surface area contributed by atoms with Gasteiger partial charge in [0.25, 0.3) is 11.8 Å². The molecule has 0 radical (unpaired) electrons. The second-order valence-electron chi connectivity index (χ2n) is 9.19. The molecule has 1 aromatic heterocycles. The molecule has 2 aliphatic heterocycles. The van der Waals surface area contributed by atoms with E-state index in [0.717, 1.165) is 16.9 Å². The summed E-state index contributed by atoms with van der Waals surface area (Å²) < 4.78 is 29.4. The van der Waals surface area contributed by atoms with Crippen molar-refractivity contribution in [3.8, 4) is 0 Å². The van der Waals surface area contributed by atoms with Crippen molar-refractivity contribution in [2.45, 2.75) is 50.4 Å². The van der Waals surface area contributed by atoms with E-state index in [2.05, 4.69) is 17.5 Å². The molecule has 1 atom stereocenters.